The molecule has 2 unspecified atom stereocenters. The highest BCUT2D eigenvalue weighted by Crippen LogP contribution is 2.28. The lowest BCUT2D eigenvalue weighted by Gasteiger charge is -2.26. The monoisotopic (exact) mass is 250 g/mol. The third-order valence-electron chi connectivity index (χ3n) is 3.62. The number of nitrogens with two attached hydrogens (primary N) is 1. The van der Waals surface area contributed by atoms with Crippen molar-refractivity contribution < 1.29 is 9.90 Å². The van der Waals surface area contributed by atoms with E-state index in [2.05, 4.69) is 9.97 Å². The second-order valence-corrected chi connectivity index (χ2v) is 4.88. The first-order chi connectivity index (χ1) is 8.44. The molecule has 0 aliphatic carbocycles. The fourth-order valence-corrected chi connectivity index (χ4v) is 2.37. The van der Waals surface area contributed by atoms with Gasteiger partial charge in [-0.05, 0) is 20.3 Å². The van der Waals surface area contributed by atoms with Crippen molar-refractivity contribution in [2.24, 2.45) is 5.73 Å². The van der Waals surface area contributed by atoms with E-state index in [9.17, 15) is 4.79 Å². The molecule has 6 nitrogen and oxygen atoms in total. The molecule has 1 fully saturated rings. The van der Waals surface area contributed by atoms with Crippen molar-refractivity contribution in [1.29, 1.82) is 0 Å². The highest BCUT2D eigenvalue weighted by molar-refractivity contribution is 5.79. The van der Waals surface area contributed by atoms with Crippen molar-refractivity contribution in [2.75, 3.05) is 13.1 Å². The molecule has 0 spiro atoms. The van der Waals surface area contributed by atoms with Gasteiger partial charge in [-0.2, -0.15) is 0 Å². The first-order valence-corrected chi connectivity index (χ1v) is 5.98. The highest BCUT2D eigenvalue weighted by Gasteiger charge is 2.43. The molecule has 18 heavy (non-hydrogen) atoms. The quantitative estimate of drug-likeness (QED) is 0.803. The van der Waals surface area contributed by atoms with Crippen LogP contribution in [0.15, 0.2) is 12.4 Å². The molecule has 1 aliphatic heterocycles. The van der Waals surface area contributed by atoms with Gasteiger partial charge in [-0.3, -0.25) is 19.7 Å². The Morgan fingerprint density at radius 3 is 2.78 bits per heavy atom. The van der Waals surface area contributed by atoms with Gasteiger partial charge in [0.2, 0.25) is 0 Å². The summed E-state index contributed by atoms with van der Waals surface area (Å²) in [7, 11) is 0. The second-order valence-electron chi connectivity index (χ2n) is 4.88. The van der Waals surface area contributed by atoms with Crippen LogP contribution in [0.4, 0.5) is 0 Å². The average molecular weight is 250 g/mol. The van der Waals surface area contributed by atoms with Crippen LogP contribution in [0.25, 0.3) is 0 Å². The Balaban J connectivity index is 2.15. The van der Waals surface area contributed by atoms with E-state index in [0.29, 0.717) is 19.5 Å². The number of rotatable bonds is 3. The number of nitrogens with zero attached hydrogens (tertiary/aromatic N) is 3. The smallest absolute Gasteiger partial charge is 0.325 e. The molecule has 1 aromatic heterocycles. The Morgan fingerprint density at radius 1 is 1.56 bits per heavy atom. The number of aromatic nitrogens is 2. The number of hydrogen-bond acceptors (Lipinski definition) is 5. The summed E-state index contributed by atoms with van der Waals surface area (Å²) in [6.07, 6.45) is 3.77. The number of carboxylic acids is 1. The zero-order valence-corrected chi connectivity index (χ0v) is 10.6. The Hall–Kier alpha value is -1.53. The molecule has 3 N–H and O–H groups in total. The molecular weight excluding hydrogens is 232 g/mol. The lowest BCUT2D eigenvalue weighted by Crippen LogP contribution is -2.50. The summed E-state index contributed by atoms with van der Waals surface area (Å²) in [6.45, 7) is 4.92. The number of aliphatic carboxylic acids is 1. The van der Waals surface area contributed by atoms with E-state index in [4.69, 9.17) is 10.8 Å². The Kier molecular flexibility index (Phi) is 3.32. The van der Waals surface area contributed by atoms with Gasteiger partial charge in [0.15, 0.2) is 0 Å². The number of hydrogen-bond donors (Lipinski definition) is 2. The molecule has 0 aromatic carbocycles. The maximum atomic E-state index is 11.1. The van der Waals surface area contributed by atoms with Crippen LogP contribution in [0, 0.1) is 6.92 Å². The van der Waals surface area contributed by atoms with Crippen LogP contribution >= 0.6 is 0 Å². The van der Waals surface area contributed by atoms with Crippen LogP contribution in [-0.2, 0) is 4.79 Å². The summed E-state index contributed by atoms with van der Waals surface area (Å²) in [4.78, 5) is 21.7. The van der Waals surface area contributed by atoms with E-state index >= 15 is 0 Å². The van der Waals surface area contributed by atoms with Crippen molar-refractivity contribution in [3.05, 3.63) is 23.8 Å². The van der Waals surface area contributed by atoms with Gasteiger partial charge in [-0.1, -0.05) is 0 Å². The van der Waals surface area contributed by atoms with Crippen LogP contribution in [0.1, 0.15) is 30.8 Å². The van der Waals surface area contributed by atoms with E-state index in [0.717, 1.165) is 11.4 Å². The summed E-state index contributed by atoms with van der Waals surface area (Å²) in [5.74, 6) is -0.937. The molecule has 1 aliphatic rings. The molecule has 0 amide bonds. The maximum absolute atomic E-state index is 11.1. The molecule has 0 radical (unpaired) electrons. The van der Waals surface area contributed by atoms with E-state index in [-0.39, 0.29) is 6.04 Å². The van der Waals surface area contributed by atoms with Gasteiger partial charge >= 0.3 is 5.97 Å². The van der Waals surface area contributed by atoms with Gasteiger partial charge < -0.3 is 10.8 Å². The molecule has 6 heteroatoms. The third kappa shape index (κ3) is 2.21. The molecule has 98 valence electrons. The Labute approximate surface area is 106 Å². The minimum atomic E-state index is -1.13. The SMILES string of the molecule is Cc1nccnc1C(C)N1CCC(N)(C(=O)O)C1. The van der Waals surface area contributed by atoms with Crippen LogP contribution in [0.5, 0.6) is 0 Å². The van der Waals surface area contributed by atoms with Crippen molar-refractivity contribution in [3.63, 3.8) is 0 Å². The Morgan fingerprint density at radius 2 is 2.22 bits per heavy atom. The lowest BCUT2D eigenvalue weighted by molar-refractivity contribution is -0.142. The minimum absolute atomic E-state index is 0.0310. The summed E-state index contributed by atoms with van der Waals surface area (Å²) in [5, 5.41) is 9.12. The van der Waals surface area contributed by atoms with Crippen LogP contribution < -0.4 is 5.73 Å². The summed E-state index contributed by atoms with van der Waals surface area (Å²) >= 11 is 0. The lowest BCUT2D eigenvalue weighted by atomic mass is 10.0. The largest absolute Gasteiger partial charge is 0.480 e. The zero-order valence-electron chi connectivity index (χ0n) is 10.6. The van der Waals surface area contributed by atoms with Crippen molar-refractivity contribution >= 4 is 5.97 Å². The second kappa shape index (κ2) is 4.62. The molecule has 0 bridgehead atoms. The first kappa shape index (κ1) is 12.9. The van der Waals surface area contributed by atoms with Crippen LogP contribution in [-0.4, -0.2) is 44.6 Å². The molecule has 0 saturated carbocycles. The predicted molar refractivity (Wildman–Crippen MR) is 65.9 cm³/mol. The van der Waals surface area contributed by atoms with E-state index in [1.54, 1.807) is 12.4 Å². The fourth-order valence-electron chi connectivity index (χ4n) is 2.37. The van der Waals surface area contributed by atoms with Crippen LogP contribution in [0.3, 0.4) is 0 Å². The summed E-state index contributed by atoms with van der Waals surface area (Å²) in [6, 6.07) is 0.0310. The molecule has 2 atom stereocenters. The van der Waals surface area contributed by atoms with Gasteiger partial charge in [0.05, 0.1) is 17.4 Å². The highest BCUT2D eigenvalue weighted by atomic mass is 16.4. The Bertz CT molecular complexity index is 465. The molecule has 2 heterocycles. The van der Waals surface area contributed by atoms with Crippen molar-refractivity contribution in [2.45, 2.75) is 31.8 Å². The van der Waals surface area contributed by atoms with Crippen molar-refractivity contribution in [3.8, 4) is 0 Å². The first-order valence-electron chi connectivity index (χ1n) is 5.98. The minimum Gasteiger partial charge on any atom is -0.480 e. The third-order valence-corrected chi connectivity index (χ3v) is 3.62. The molecule has 1 saturated heterocycles. The predicted octanol–water partition coefficient (Wildman–Crippen LogP) is 0.334. The average Bonchev–Trinajstić information content (AvgIpc) is 2.73. The molecule has 2 rings (SSSR count). The van der Waals surface area contributed by atoms with Gasteiger partial charge in [0.1, 0.15) is 5.54 Å². The number of carbonyl (C=O) groups is 1. The number of aryl methyl sites for hydroxylation is 1. The fraction of sp³-hybridized carbons (Fsp3) is 0.583. The van der Waals surface area contributed by atoms with Gasteiger partial charge in [-0.25, -0.2) is 0 Å². The maximum Gasteiger partial charge on any atom is 0.325 e. The van der Waals surface area contributed by atoms with Crippen LogP contribution in [0.2, 0.25) is 0 Å². The van der Waals surface area contributed by atoms with E-state index in [1.807, 2.05) is 18.7 Å². The van der Waals surface area contributed by atoms with E-state index < -0.39 is 11.5 Å². The normalized spacial score (nSPS) is 26.2. The van der Waals surface area contributed by atoms with E-state index in [1.165, 1.54) is 0 Å². The zero-order chi connectivity index (χ0) is 13.3. The summed E-state index contributed by atoms with van der Waals surface area (Å²) in [5.41, 5.74) is 6.49. The van der Waals surface area contributed by atoms with Gasteiger partial charge in [-0.15, -0.1) is 0 Å². The van der Waals surface area contributed by atoms with Gasteiger partial charge in [0.25, 0.3) is 0 Å². The number of likely N-dealkylation sites (tertiary alicyclic amines) is 1. The topological polar surface area (TPSA) is 92.3 Å². The standard InChI is InChI=1S/C12H18N4O2/c1-8-10(15-5-4-14-8)9(2)16-6-3-12(13,7-16)11(17)18/h4-5,9H,3,6-7,13H2,1-2H3,(H,17,18). The number of carboxylic acid groups (broad SMARTS) is 1. The van der Waals surface area contributed by atoms with Gasteiger partial charge in [0, 0.05) is 25.5 Å². The summed E-state index contributed by atoms with van der Waals surface area (Å²) < 4.78 is 0. The van der Waals surface area contributed by atoms with Crippen molar-refractivity contribution in [1.82, 2.24) is 14.9 Å². The molecular formula is C12H18N4O2. The molecule has 1 aromatic rings.